The average Bonchev–Trinajstić information content (AvgIpc) is 2.78. The summed E-state index contributed by atoms with van der Waals surface area (Å²) < 4.78 is 30.0. The van der Waals surface area contributed by atoms with Crippen molar-refractivity contribution in [2.45, 2.75) is 0 Å². The Bertz CT molecular complexity index is 1220. The molecule has 0 saturated heterocycles. The van der Waals surface area contributed by atoms with Gasteiger partial charge in [0, 0.05) is 10.6 Å². The van der Waals surface area contributed by atoms with Crippen molar-refractivity contribution >= 4 is 40.8 Å². The lowest BCUT2D eigenvalue weighted by Crippen LogP contribution is -2.18. The summed E-state index contributed by atoms with van der Waals surface area (Å²) in [6.07, 6.45) is 1.51. The van der Waals surface area contributed by atoms with E-state index in [1.54, 1.807) is 36.4 Å². The third-order valence-corrected chi connectivity index (χ3v) is 4.78. The normalized spacial score (nSPS) is 10.9. The molecule has 0 aliphatic heterocycles. The van der Waals surface area contributed by atoms with E-state index in [1.165, 1.54) is 37.5 Å². The van der Waals surface area contributed by atoms with Crippen LogP contribution in [0.1, 0.15) is 11.1 Å². The number of rotatable bonds is 7. The molecule has 0 heterocycles. The molecule has 3 rings (SSSR count). The maximum atomic E-state index is 14.0. The van der Waals surface area contributed by atoms with E-state index >= 15 is 0 Å². The number of nitriles is 1. The van der Waals surface area contributed by atoms with Crippen molar-refractivity contribution in [2.24, 2.45) is 0 Å². The Hall–Kier alpha value is -3.53. The van der Waals surface area contributed by atoms with Crippen molar-refractivity contribution in [1.82, 2.24) is 0 Å². The maximum absolute atomic E-state index is 14.0. The van der Waals surface area contributed by atoms with E-state index in [0.29, 0.717) is 10.6 Å². The van der Waals surface area contributed by atoms with Gasteiger partial charge in [-0.15, -0.1) is 0 Å². The van der Waals surface area contributed by atoms with Gasteiger partial charge in [-0.1, -0.05) is 47.5 Å². The predicted molar refractivity (Wildman–Crippen MR) is 120 cm³/mol. The van der Waals surface area contributed by atoms with Crippen LogP contribution in [0.25, 0.3) is 11.6 Å². The summed E-state index contributed by atoms with van der Waals surface area (Å²) in [4.78, 5) is 12.2. The van der Waals surface area contributed by atoms with Gasteiger partial charge in [-0.25, -0.2) is 9.18 Å². The first-order chi connectivity index (χ1) is 15.4. The topological polar surface area (TPSA) is 68.5 Å². The molecule has 0 bridgehead atoms. The fourth-order valence-corrected chi connectivity index (χ4v) is 3.22. The van der Waals surface area contributed by atoms with Gasteiger partial charge in [0.1, 0.15) is 11.6 Å². The number of benzene rings is 3. The third-order valence-electron chi connectivity index (χ3n) is 4.25. The van der Waals surface area contributed by atoms with E-state index in [0.717, 1.165) is 0 Å². The van der Waals surface area contributed by atoms with E-state index in [4.69, 9.17) is 37.4 Å². The Labute approximate surface area is 194 Å². The molecule has 0 N–H and O–H groups in total. The molecule has 0 aliphatic rings. The molecule has 3 aromatic carbocycles. The van der Waals surface area contributed by atoms with Crippen molar-refractivity contribution in [2.75, 3.05) is 13.7 Å². The zero-order valence-electron chi connectivity index (χ0n) is 16.8. The van der Waals surface area contributed by atoms with E-state index in [9.17, 15) is 14.4 Å². The van der Waals surface area contributed by atoms with E-state index in [1.807, 2.05) is 6.07 Å². The van der Waals surface area contributed by atoms with Crippen LogP contribution in [0.5, 0.6) is 17.2 Å². The van der Waals surface area contributed by atoms with Crippen LogP contribution in [0.3, 0.4) is 0 Å². The van der Waals surface area contributed by atoms with E-state index in [-0.39, 0.29) is 33.4 Å². The summed E-state index contributed by atoms with van der Waals surface area (Å²) in [7, 11) is 1.41. The number of carbonyl (C=O) groups excluding carboxylic acids is 1. The van der Waals surface area contributed by atoms with Gasteiger partial charge in [-0.05, 0) is 48.0 Å². The number of hydrogen-bond acceptors (Lipinski definition) is 5. The highest BCUT2D eigenvalue weighted by atomic mass is 35.5. The van der Waals surface area contributed by atoms with Crippen LogP contribution in [-0.4, -0.2) is 19.7 Å². The number of ether oxygens (including phenoxy) is 3. The van der Waals surface area contributed by atoms with Crippen LogP contribution in [0, 0.1) is 17.1 Å². The lowest BCUT2D eigenvalue weighted by atomic mass is 10.0. The Morgan fingerprint density at radius 2 is 1.81 bits per heavy atom. The predicted octanol–water partition coefficient (Wildman–Crippen LogP) is 6.19. The molecule has 162 valence electrons. The summed E-state index contributed by atoms with van der Waals surface area (Å²) >= 11 is 11.8. The third kappa shape index (κ3) is 5.79. The minimum absolute atomic E-state index is 0.142. The number of carbonyl (C=O) groups is 1. The number of allylic oxidation sites excluding steroid dienone is 1. The molecule has 0 fully saturated rings. The summed E-state index contributed by atoms with van der Waals surface area (Å²) in [5.74, 6) is -0.481. The number of esters is 1. The van der Waals surface area contributed by atoms with Gasteiger partial charge in [-0.2, -0.15) is 5.26 Å². The molecule has 0 spiro atoms. The fraction of sp³-hybridized carbons (Fsp3) is 0.0833. The Morgan fingerprint density at radius 1 is 1.06 bits per heavy atom. The molecule has 0 unspecified atom stereocenters. The molecule has 0 radical (unpaired) electrons. The molecule has 0 amide bonds. The lowest BCUT2D eigenvalue weighted by Gasteiger charge is -2.11. The van der Waals surface area contributed by atoms with Gasteiger partial charge in [0.2, 0.25) is 0 Å². The highest BCUT2D eigenvalue weighted by Gasteiger charge is 2.14. The van der Waals surface area contributed by atoms with Gasteiger partial charge in [0.15, 0.2) is 18.1 Å². The van der Waals surface area contributed by atoms with E-state index in [2.05, 4.69) is 0 Å². The molecule has 5 nitrogen and oxygen atoms in total. The second kappa shape index (κ2) is 10.7. The standard InChI is InChI=1S/C24H16Cl2FNO4/c1-30-23-11-15(10-16(13-28)18-4-2-3-5-20(18)27)6-8-22(23)32-24(29)14-31-21-9-7-17(25)12-19(21)26/h2-12H,14H2,1H3/b16-10-. The highest BCUT2D eigenvalue weighted by molar-refractivity contribution is 6.35. The Morgan fingerprint density at radius 3 is 2.50 bits per heavy atom. The second-order valence-corrected chi connectivity index (χ2v) is 7.24. The summed E-state index contributed by atoms with van der Waals surface area (Å²) in [5.41, 5.74) is 0.885. The summed E-state index contributed by atoms with van der Waals surface area (Å²) in [5, 5.41) is 10.1. The molecule has 0 atom stereocenters. The average molecular weight is 472 g/mol. The Balaban J connectivity index is 1.74. The van der Waals surface area contributed by atoms with Gasteiger partial charge in [-0.3, -0.25) is 0 Å². The zero-order valence-corrected chi connectivity index (χ0v) is 18.3. The van der Waals surface area contributed by atoms with Gasteiger partial charge in [0.05, 0.1) is 23.8 Å². The second-order valence-electron chi connectivity index (χ2n) is 6.40. The van der Waals surface area contributed by atoms with Crippen molar-refractivity contribution in [3.8, 4) is 23.3 Å². The van der Waals surface area contributed by atoms with Gasteiger partial charge >= 0.3 is 5.97 Å². The first kappa shape index (κ1) is 23.1. The summed E-state index contributed by atoms with van der Waals surface area (Å²) in [6, 6.07) is 17.3. The minimum atomic E-state index is -0.679. The molecule has 3 aromatic rings. The molecule has 8 heteroatoms. The molecule has 0 aromatic heterocycles. The van der Waals surface area contributed by atoms with Gasteiger partial charge < -0.3 is 14.2 Å². The van der Waals surface area contributed by atoms with Crippen molar-refractivity contribution in [3.63, 3.8) is 0 Å². The molecule has 0 aliphatic carbocycles. The first-order valence-electron chi connectivity index (χ1n) is 9.24. The fourth-order valence-electron chi connectivity index (χ4n) is 2.76. The monoisotopic (exact) mass is 471 g/mol. The summed E-state index contributed by atoms with van der Waals surface area (Å²) in [6.45, 7) is -0.391. The lowest BCUT2D eigenvalue weighted by molar-refractivity contribution is -0.136. The zero-order chi connectivity index (χ0) is 23.1. The van der Waals surface area contributed by atoms with Crippen molar-refractivity contribution < 1.29 is 23.4 Å². The smallest absolute Gasteiger partial charge is 0.349 e. The molecular formula is C24H16Cl2FNO4. The van der Waals surface area contributed by atoms with Crippen LogP contribution in [0.4, 0.5) is 4.39 Å². The molecular weight excluding hydrogens is 456 g/mol. The number of nitrogens with zero attached hydrogens (tertiary/aromatic N) is 1. The molecule has 0 saturated carbocycles. The minimum Gasteiger partial charge on any atom is -0.493 e. The number of halogens is 3. The number of hydrogen-bond donors (Lipinski definition) is 0. The van der Waals surface area contributed by atoms with Gasteiger partial charge in [0.25, 0.3) is 0 Å². The van der Waals surface area contributed by atoms with Crippen LogP contribution < -0.4 is 14.2 Å². The van der Waals surface area contributed by atoms with E-state index < -0.39 is 18.4 Å². The SMILES string of the molecule is COc1cc(/C=C(/C#N)c2ccccc2F)ccc1OC(=O)COc1ccc(Cl)cc1Cl. The van der Waals surface area contributed by atoms with Crippen LogP contribution in [0.15, 0.2) is 60.7 Å². The first-order valence-corrected chi connectivity index (χ1v) is 10.00. The van der Waals surface area contributed by atoms with Crippen molar-refractivity contribution in [3.05, 3.63) is 87.7 Å². The number of methoxy groups -OCH3 is 1. The highest BCUT2D eigenvalue weighted by Crippen LogP contribution is 2.31. The van der Waals surface area contributed by atoms with Crippen molar-refractivity contribution in [1.29, 1.82) is 5.26 Å². The maximum Gasteiger partial charge on any atom is 0.349 e. The van der Waals surface area contributed by atoms with Crippen LogP contribution >= 0.6 is 23.2 Å². The van der Waals surface area contributed by atoms with Crippen LogP contribution in [-0.2, 0) is 4.79 Å². The largest absolute Gasteiger partial charge is 0.493 e. The molecule has 32 heavy (non-hydrogen) atoms. The quantitative estimate of drug-likeness (QED) is 0.178. The Kier molecular flexibility index (Phi) is 7.72. The van der Waals surface area contributed by atoms with Crippen LogP contribution in [0.2, 0.25) is 10.0 Å².